The summed E-state index contributed by atoms with van der Waals surface area (Å²) in [5.74, 6) is 0.472. The minimum atomic E-state index is -0.146. The van der Waals surface area contributed by atoms with E-state index in [1.165, 1.54) is 6.20 Å². The first-order chi connectivity index (χ1) is 10.5. The number of aromatic nitrogens is 2. The van der Waals surface area contributed by atoms with Crippen molar-refractivity contribution in [2.24, 2.45) is 0 Å². The molecule has 6 nitrogen and oxygen atoms in total. The second-order valence-corrected chi connectivity index (χ2v) is 5.09. The van der Waals surface area contributed by atoms with Crippen LogP contribution in [-0.4, -0.2) is 22.4 Å². The average molecular weight is 300 g/mol. The molecule has 0 atom stereocenters. The Bertz CT molecular complexity index is 720. The second-order valence-electron chi connectivity index (χ2n) is 5.09. The lowest BCUT2D eigenvalue weighted by Crippen LogP contribution is -2.22. The van der Waals surface area contributed by atoms with Crippen LogP contribution in [0.4, 0.5) is 5.82 Å². The third kappa shape index (κ3) is 3.72. The molecule has 2 rings (SSSR count). The summed E-state index contributed by atoms with van der Waals surface area (Å²) in [4.78, 5) is 30.5. The Hall–Kier alpha value is -2.63. The van der Waals surface area contributed by atoms with E-state index in [-0.39, 0.29) is 11.5 Å². The van der Waals surface area contributed by atoms with Gasteiger partial charge in [0.05, 0.1) is 5.56 Å². The van der Waals surface area contributed by atoms with Gasteiger partial charge in [-0.1, -0.05) is 0 Å². The standard InChI is InChI=1S/C16H20N4O2/c1-4-17-15(21)12-5-6-14(18-8-12)19-9-13-10(2)7-11(3)20-16(13)22/h5-8H,4,9H2,1-3H3,(H,17,21)(H,18,19)(H,20,22). The van der Waals surface area contributed by atoms with Gasteiger partial charge in [0.15, 0.2) is 0 Å². The van der Waals surface area contributed by atoms with Crippen molar-refractivity contribution in [1.29, 1.82) is 0 Å². The molecular weight excluding hydrogens is 280 g/mol. The number of amides is 1. The zero-order chi connectivity index (χ0) is 16.1. The number of aromatic amines is 1. The first-order valence-corrected chi connectivity index (χ1v) is 7.18. The molecule has 0 aliphatic carbocycles. The number of rotatable bonds is 5. The summed E-state index contributed by atoms with van der Waals surface area (Å²) >= 11 is 0. The Morgan fingerprint density at radius 1 is 1.32 bits per heavy atom. The summed E-state index contributed by atoms with van der Waals surface area (Å²) in [6, 6.07) is 5.36. The molecule has 6 heteroatoms. The molecule has 1 amide bonds. The van der Waals surface area contributed by atoms with Crippen LogP contribution in [0.15, 0.2) is 29.2 Å². The van der Waals surface area contributed by atoms with E-state index >= 15 is 0 Å². The van der Waals surface area contributed by atoms with Gasteiger partial charge in [0, 0.05) is 30.5 Å². The monoisotopic (exact) mass is 300 g/mol. The minimum absolute atomic E-state index is 0.0936. The van der Waals surface area contributed by atoms with Gasteiger partial charge in [-0.15, -0.1) is 0 Å². The smallest absolute Gasteiger partial charge is 0.253 e. The number of hydrogen-bond donors (Lipinski definition) is 3. The van der Waals surface area contributed by atoms with Gasteiger partial charge in [-0.25, -0.2) is 4.98 Å². The highest BCUT2D eigenvalue weighted by Crippen LogP contribution is 2.09. The van der Waals surface area contributed by atoms with Crippen LogP contribution in [-0.2, 0) is 6.54 Å². The van der Waals surface area contributed by atoms with Crippen LogP contribution >= 0.6 is 0 Å². The van der Waals surface area contributed by atoms with Crippen molar-refractivity contribution in [1.82, 2.24) is 15.3 Å². The summed E-state index contributed by atoms with van der Waals surface area (Å²) in [6.07, 6.45) is 1.51. The van der Waals surface area contributed by atoms with E-state index in [0.717, 1.165) is 11.3 Å². The van der Waals surface area contributed by atoms with Crippen molar-refractivity contribution in [3.63, 3.8) is 0 Å². The average Bonchev–Trinajstić information content (AvgIpc) is 2.47. The van der Waals surface area contributed by atoms with Crippen molar-refractivity contribution in [3.05, 3.63) is 57.1 Å². The molecule has 0 fully saturated rings. The fraction of sp³-hybridized carbons (Fsp3) is 0.312. The van der Waals surface area contributed by atoms with Crippen LogP contribution in [0.2, 0.25) is 0 Å². The summed E-state index contributed by atoms with van der Waals surface area (Å²) in [5, 5.41) is 5.81. The Labute approximate surface area is 129 Å². The summed E-state index contributed by atoms with van der Waals surface area (Å²) in [6.45, 7) is 6.59. The van der Waals surface area contributed by atoms with Crippen LogP contribution in [0.3, 0.4) is 0 Å². The van der Waals surface area contributed by atoms with Crippen molar-refractivity contribution in [2.45, 2.75) is 27.3 Å². The zero-order valence-electron chi connectivity index (χ0n) is 13.0. The highest BCUT2D eigenvalue weighted by atomic mass is 16.1. The third-order valence-corrected chi connectivity index (χ3v) is 3.30. The van der Waals surface area contributed by atoms with Gasteiger partial charge in [0.25, 0.3) is 11.5 Å². The normalized spacial score (nSPS) is 10.3. The maximum Gasteiger partial charge on any atom is 0.253 e. The first kappa shape index (κ1) is 15.8. The molecule has 0 saturated carbocycles. The minimum Gasteiger partial charge on any atom is -0.366 e. The molecule has 2 aromatic rings. The number of nitrogens with zero attached hydrogens (tertiary/aromatic N) is 1. The molecule has 0 aliphatic rings. The third-order valence-electron chi connectivity index (χ3n) is 3.30. The van der Waals surface area contributed by atoms with Crippen LogP contribution in [0.5, 0.6) is 0 Å². The van der Waals surface area contributed by atoms with Crippen molar-refractivity contribution in [2.75, 3.05) is 11.9 Å². The zero-order valence-corrected chi connectivity index (χ0v) is 13.0. The van der Waals surface area contributed by atoms with Crippen molar-refractivity contribution in [3.8, 4) is 0 Å². The van der Waals surface area contributed by atoms with Gasteiger partial charge in [0.2, 0.25) is 0 Å². The second kappa shape index (κ2) is 6.89. The van der Waals surface area contributed by atoms with Gasteiger partial charge in [-0.05, 0) is 44.5 Å². The van der Waals surface area contributed by atoms with Crippen LogP contribution in [0.1, 0.15) is 34.1 Å². The SMILES string of the molecule is CCNC(=O)c1ccc(NCc2c(C)cc(C)[nH]c2=O)nc1. The van der Waals surface area contributed by atoms with Crippen LogP contribution in [0, 0.1) is 13.8 Å². The molecule has 116 valence electrons. The number of pyridine rings is 2. The van der Waals surface area contributed by atoms with E-state index in [1.54, 1.807) is 12.1 Å². The molecule has 22 heavy (non-hydrogen) atoms. The number of nitrogens with one attached hydrogen (secondary N) is 3. The fourth-order valence-electron chi connectivity index (χ4n) is 2.18. The number of hydrogen-bond acceptors (Lipinski definition) is 4. The Balaban J connectivity index is 2.06. The van der Waals surface area contributed by atoms with Crippen LogP contribution < -0.4 is 16.2 Å². The fourth-order valence-corrected chi connectivity index (χ4v) is 2.18. The Kier molecular flexibility index (Phi) is 4.93. The molecule has 0 aromatic carbocycles. The maximum absolute atomic E-state index is 11.9. The van der Waals surface area contributed by atoms with Crippen molar-refractivity contribution >= 4 is 11.7 Å². The van der Waals surface area contributed by atoms with Gasteiger partial charge < -0.3 is 15.6 Å². The number of H-pyrrole nitrogens is 1. The Morgan fingerprint density at radius 3 is 2.68 bits per heavy atom. The number of anilines is 1. The summed E-state index contributed by atoms with van der Waals surface area (Å²) < 4.78 is 0. The topological polar surface area (TPSA) is 86.9 Å². The number of aryl methyl sites for hydroxylation is 2. The molecule has 2 aromatic heterocycles. The maximum atomic E-state index is 11.9. The summed E-state index contributed by atoms with van der Waals surface area (Å²) in [5.41, 5.74) is 2.88. The number of carbonyl (C=O) groups is 1. The molecule has 0 bridgehead atoms. The largest absolute Gasteiger partial charge is 0.366 e. The van der Waals surface area contributed by atoms with E-state index in [4.69, 9.17) is 0 Å². The van der Waals surface area contributed by atoms with E-state index in [1.807, 2.05) is 26.8 Å². The molecule has 0 saturated heterocycles. The van der Waals surface area contributed by atoms with Crippen LogP contribution in [0.25, 0.3) is 0 Å². The molecule has 0 spiro atoms. The van der Waals surface area contributed by atoms with E-state index in [2.05, 4.69) is 20.6 Å². The lowest BCUT2D eigenvalue weighted by atomic mass is 10.1. The quantitative estimate of drug-likeness (QED) is 0.785. The van der Waals surface area contributed by atoms with Crippen molar-refractivity contribution < 1.29 is 4.79 Å². The predicted octanol–water partition coefficient (Wildman–Crippen LogP) is 1.75. The first-order valence-electron chi connectivity index (χ1n) is 7.18. The molecule has 3 N–H and O–H groups in total. The Morgan fingerprint density at radius 2 is 2.09 bits per heavy atom. The molecule has 0 unspecified atom stereocenters. The lowest BCUT2D eigenvalue weighted by Gasteiger charge is -2.09. The van der Waals surface area contributed by atoms with Gasteiger partial charge in [-0.2, -0.15) is 0 Å². The lowest BCUT2D eigenvalue weighted by molar-refractivity contribution is 0.0955. The van der Waals surface area contributed by atoms with Gasteiger partial charge >= 0.3 is 0 Å². The summed E-state index contributed by atoms with van der Waals surface area (Å²) in [7, 11) is 0. The molecule has 0 aliphatic heterocycles. The molecular formula is C16H20N4O2. The van der Waals surface area contributed by atoms with E-state index in [0.29, 0.717) is 30.0 Å². The number of carbonyl (C=O) groups excluding carboxylic acids is 1. The molecule has 2 heterocycles. The molecule has 0 radical (unpaired) electrons. The predicted molar refractivity (Wildman–Crippen MR) is 86.1 cm³/mol. The highest BCUT2D eigenvalue weighted by molar-refractivity contribution is 5.93. The van der Waals surface area contributed by atoms with Gasteiger partial charge in [-0.3, -0.25) is 9.59 Å². The highest BCUT2D eigenvalue weighted by Gasteiger charge is 2.07. The van der Waals surface area contributed by atoms with Gasteiger partial charge in [0.1, 0.15) is 5.82 Å². The van der Waals surface area contributed by atoms with E-state index in [9.17, 15) is 9.59 Å². The van der Waals surface area contributed by atoms with E-state index < -0.39 is 0 Å².